The lowest BCUT2D eigenvalue weighted by molar-refractivity contribution is -0.161. The Morgan fingerprint density at radius 2 is 0.430 bits per heavy atom. The maximum Gasteiger partial charge on any atom is 0.472 e. The molecule has 0 bridgehead atoms. The summed E-state index contributed by atoms with van der Waals surface area (Å²) in [7, 11) is -9.93. The van der Waals surface area contributed by atoms with Crippen LogP contribution in [0.1, 0.15) is 478 Å². The van der Waals surface area contributed by atoms with Gasteiger partial charge in [0.05, 0.1) is 26.4 Å². The van der Waals surface area contributed by atoms with Crippen molar-refractivity contribution >= 4 is 39.5 Å². The number of ether oxygens (including phenoxy) is 4. The number of phosphoric acid groups is 2. The number of esters is 4. The molecule has 0 spiro atoms. The summed E-state index contributed by atoms with van der Waals surface area (Å²) in [6, 6.07) is 0. The van der Waals surface area contributed by atoms with Crippen molar-refractivity contribution in [2.45, 2.75) is 496 Å². The van der Waals surface area contributed by atoms with Crippen molar-refractivity contribution in [2.75, 3.05) is 39.6 Å². The first-order chi connectivity index (χ1) is 52.0. The smallest absolute Gasteiger partial charge is 0.462 e. The fraction of sp³-hybridized carbons (Fsp3) is 0.955. The molecule has 0 aliphatic heterocycles. The molecule has 0 aliphatic carbocycles. The summed E-state index contributed by atoms with van der Waals surface area (Å²) in [5.41, 5.74) is 0. The maximum atomic E-state index is 13.2. The molecule has 2 unspecified atom stereocenters. The molecule has 0 fully saturated rings. The molecule has 636 valence electrons. The molecule has 17 nitrogen and oxygen atoms in total. The zero-order valence-electron chi connectivity index (χ0n) is 70.3. The van der Waals surface area contributed by atoms with Crippen LogP contribution in [0.3, 0.4) is 0 Å². The number of phosphoric ester groups is 2. The van der Waals surface area contributed by atoms with E-state index in [1.807, 2.05) is 0 Å². The molecule has 0 saturated heterocycles. The van der Waals surface area contributed by atoms with Gasteiger partial charge >= 0.3 is 39.5 Å². The molecular weight excluding hydrogens is 1390 g/mol. The second-order valence-corrected chi connectivity index (χ2v) is 35.0. The van der Waals surface area contributed by atoms with Gasteiger partial charge in [-0.15, -0.1) is 0 Å². The van der Waals surface area contributed by atoms with E-state index in [9.17, 15) is 43.2 Å². The van der Waals surface area contributed by atoms with Crippen LogP contribution < -0.4 is 0 Å². The lowest BCUT2D eigenvalue weighted by Crippen LogP contribution is -2.30. The molecule has 0 aromatic rings. The maximum absolute atomic E-state index is 13.2. The lowest BCUT2D eigenvalue weighted by Gasteiger charge is -2.21. The Hall–Kier alpha value is -1.94. The van der Waals surface area contributed by atoms with Crippen molar-refractivity contribution < 1.29 is 80.2 Å². The fourth-order valence-corrected chi connectivity index (χ4v) is 15.4. The molecule has 5 atom stereocenters. The van der Waals surface area contributed by atoms with Crippen molar-refractivity contribution in [2.24, 2.45) is 5.92 Å². The Bertz CT molecular complexity index is 2030. The third kappa shape index (κ3) is 81.9. The molecule has 107 heavy (non-hydrogen) atoms. The molecule has 0 aromatic carbocycles. The van der Waals surface area contributed by atoms with Crippen molar-refractivity contribution in [1.29, 1.82) is 0 Å². The van der Waals surface area contributed by atoms with E-state index in [1.54, 1.807) is 0 Å². The van der Waals surface area contributed by atoms with Crippen LogP contribution in [0.25, 0.3) is 0 Å². The van der Waals surface area contributed by atoms with E-state index in [-0.39, 0.29) is 25.7 Å². The Kier molecular flexibility index (Phi) is 79.2. The van der Waals surface area contributed by atoms with E-state index in [0.29, 0.717) is 25.7 Å². The van der Waals surface area contributed by atoms with Crippen LogP contribution in [0.15, 0.2) is 0 Å². The SMILES string of the molecule is CCCCCCCCCCCCCCCCCCCCCC(=O)OC[C@H](COP(=O)(O)OC[C@@H](O)COP(=O)(O)OC[C@@H](COC(=O)CCCCCCCCCCCCCCC)OC(=O)CCCCCCCCCCCCCCCC(C)C)OC(=O)CCCCCCCCCCCCCCCCCCCCC. The molecular formula is C88H172O17P2. The van der Waals surface area contributed by atoms with E-state index in [2.05, 4.69) is 34.6 Å². The highest BCUT2D eigenvalue weighted by Gasteiger charge is 2.30. The number of unbranched alkanes of at least 4 members (excludes halogenated alkanes) is 60. The first kappa shape index (κ1) is 105. The molecule has 0 amide bonds. The average molecular weight is 1560 g/mol. The van der Waals surface area contributed by atoms with E-state index < -0.39 is 97.5 Å². The van der Waals surface area contributed by atoms with Gasteiger partial charge in [-0.25, -0.2) is 9.13 Å². The summed E-state index contributed by atoms with van der Waals surface area (Å²) in [5.74, 6) is -1.31. The summed E-state index contributed by atoms with van der Waals surface area (Å²) in [5, 5.41) is 10.7. The van der Waals surface area contributed by atoms with Gasteiger partial charge < -0.3 is 33.8 Å². The number of aliphatic hydroxyl groups excluding tert-OH is 1. The van der Waals surface area contributed by atoms with E-state index in [0.717, 1.165) is 95.8 Å². The van der Waals surface area contributed by atoms with Crippen LogP contribution in [0.4, 0.5) is 0 Å². The monoisotopic (exact) mass is 1560 g/mol. The number of carbonyl (C=O) groups excluding carboxylic acids is 4. The predicted molar refractivity (Wildman–Crippen MR) is 442 cm³/mol. The minimum Gasteiger partial charge on any atom is -0.462 e. The van der Waals surface area contributed by atoms with E-state index in [1.165, 1.54) is 302 Å². The van der Waals surface area contributed by atoms with E-state index in [4.69, 9.17) is 37.0 Å². The molecule has 0 rings (SSSR count). The van der Waals surface area contributed by atoms with Crippen LogP contribution in [0, 0.1) is 5.92 Å². The highest BCUT2D eigenvalue weighted by molar-refractivity contribution is 7.47. The van der Waals surface area contributed by atoms with Crippen LogP contribution in [-0.2, 0) is 65.4 Å². The van der Waals surface area contributed by atoms with Crippen molar-refractivity contribution in [3.05, 3.63) is 0 Å². The number of hydrogen-bond acceptors (Lipinski definition) is 15. The third-order valence-electron chi connectivity index (χ3n) is 20.8. The first-order valence-corrected chi connectivity index (χ1v) is 48.6. The summed E-state index contributed by atoms with van der Waals surface area (Å²) < 4.78 is 69.0. The van der Waals surface area contributed by atoms with Crippen LogP contribution in [-0.4, -0.2) is 96.7 Å². The highest BCUT2D eigenvalue weighted by Crippen LogP contribution is 2.45. The first-order valence-electron chi connectivity index (χ1n) is 45.6. The zero-order chi connectivity index (χ0) is 78.3. The Balaban J connectivity index is 5.26. The van der Waals surface area contributed by atoms with Gasteiger partial charge in [0.15, 0.2) is 12.2 Å². The van der Waals surface area contributed by atoms with Gasteiger partial charge in [0.1, 0.15) is 19.3 Å². The molecule has 19 heteroatoms. The standard InChI is InChI=1S/C88H172O17P2/c1-6-9-12-15-18-21-24-27-29-31-33-35-37-42-47-52-57-62-67-72-86(91)99-78-84(104-87(92)73-68-63-58-53-48-43-38-36-34-32-30-28-25-22-19-16-13-10-7-2)80-103-107(96,97)101-76-82(89)75-100-106(94,95)102-79-83(77-98-85(90)71-66-61-56-51-46-40-26-23-20-17-14-11-8-3)105-88(93)74-69-64-59-54-49-44-39-41-45-50-55-60-65-70-81(4)5/h81-84,89H,6-80H2,1-5H3,(H,94,95)(H,96,97)/t82-,83+,84+/m0/s1. The van der Waals surface area contributed by atoms with Crippen LogP contribution in [0.2, 0.25) is 0 Å². The minimum absolute atomic E-state index is 0.108. The lowest BCUT2D eigenvalue weighted by atomic mass is 10.0. The number of aliphatic hydroxyl groups is 1. The van der Waals surface area contributed by atoms with Crippen LogP contribution >= 0.6 is 15.6 Å². The Morgan fingerprint density at radius 3 is 0.636 bits per heavy atom. The molecule has 0 radical (unpaired) electrons. The van der Waals surface area contributed by atoms with Gasteiger partial charge in [0.25, 0.3) is 0 Å². The van der Waals surface area contributed by atoms with Gasteiger partial charge in [0.2, 0.25) is 0 Å². The molecule has 0 aliphatic rings. The topological polar surface area (TPSA) is 237 Å². The summed E-state index contributed by atoms with van der Waals surface area (Å²) in [4.78, 5) is 73.3. The summed E-state index contributed by atoms with van der Waals surface area (Å²) in [6.45, 7) is 7.40. The van der Waals surface area contributed by atoms with Gasteiger partial charge in [-0.2, -0.15) is 0 Å². The molecule has 3 N–H and O–H groups in total. The quantitative estimate of drug-likeness (QED) is 0.0222. The average Bonchev–Trinajstić information content (AvgIpc) is 0.901. The normalized spacial score (nSPS) is 13.7. The fourth-order valence-electron chi connectivity index (χ4n) is 13.8. The van der Waals surface area contributed by atoms with Gasteiger partial charge in [0, 0.05) is 25.7 Å². The largest absolute Gasteiger partial charge is 0.472 e. The van der Waals surface area contributed by atoms with Crippen LogP contribution in [0.5, 0.6) is 0 Å². The summed E-state index contributed by atoms with van der Waals surface area (Å²) in [6.07, 6.45) is 74.9. The second kappa shape index (κ2) is 80.7. The van der Waals surface area contributed by atoms with Gasteiger partial charge in [-0.3, -0.25) is 37.3 Å². The molecule has 0 aromatic heterocycles. The minimum atomic E-state index is -4.97. The van der Waals surface area contributed by atoms with Crippen molar-refractivity contribution in [3.8, 4) is 0 Å². The number of carbonyl (C=O) groups is 4. The Labute approximate surface area is 658 Å². The Morgan fingerprint density at radius 1 is 0.252 bits per heavy atom. The zero-order valence-corrected chi connectivity index (χ0v) is 72.1. The molecule has 0 heterocycles. The van der Waals surface area contributed by atoms with Crippen molar-refractivity contribution in [3.63, 3.8) is 0 Å². The van der Waals surface area contributed by atoms with E-state index >= 15 is 0 Å². The summed E-state index contributed by atoms with van der Waals surface area (Å²) >= 11 is 0. The second-order valence-electron chi connectivity index (χ2n) is 32.1. The number of hydrogen-bond donors (Lipinski definition) is 3. The van der Waals surface area contributed by atoms with Gasteiger partial charge in [-0.1, -0.05) is 426 Å². The molecule has 0 saturated carbocycles. The highest BCUT2D eigenvalue weighted by atomic mass is 31.2. The number of rotatable bonds is 88. The van der Waals surface area contributed by atoms with Crippen molar-refractivity contribution in [1.82, 2.24) is 0 Å². The predicted octanol–water partition coefficient (Wildman–Crippen LogP) is 27.2. The van der Waals surface area contributed by atoms with Gasteiger partial charge in [-0.05, 0) is 31.6 Å². The third-order valence-corrected chi connectivity index (χ3v) is 22.7.